The van der Waals surface area contributed by atoms with Crippen molar-refractivity contribution in [2.45, 2.75) is 53.4 Å². The van der Waals surface area contributed by atoms with Crippen molar-refractivity contribution in [1.82, 2.24) is 15.1 Å². The molecule has 22 heavy (non-hydrogen) atoms. The number of hydrogen-bond donors (Lipinski definition) is 2. The minimum absolute atomic E-state index is 0.116. The molecule has 2 N–H and O–H groups in total. The van der Waals surface area contributed by atoms with Crippen LogP contribution in [-0.4, -0.2) is 33.3 Å². The minimum atomic E-state index is -0.865. The molecule has 0 saturated heterocycles. The Hall–Kier alpha value is -1.85. The van der Waals surface area contributed by atoms with Gasteiger partial charge in [0.25, 0.3) is 0 Å². The van der Waals surface area contributed by atoms with E-state index >= 15 is 0 Å². The van der Waals surface area contributed by atoms with Crippen LogP contribution in [0.5, 0.6) is 0 Å². The third-order valence-electron chi connectivity index (χ3n) is 4.69. The molecule has 0 atom stereocenters. The van der Waals surface area contributed by atoms with E-state index in [1.807, 2.05) is 39.4 Å². The summed E-state index contributed by atoms with van der Waals surface area (Å²) >= 11 is 0. The topological polar surface area (TPSA) is 84.2 Å². The molecule has 0 spiro atoms. The third kappa shape index (κ3) is 3.87. The molecule has 6 heteroatoms. The molecular weight excluding hydrogens is 282 g/mol. The number of hydrogen-bond acceptors (Lipinski definition) is 3. The average molecular weight is 309 g/mol. The number of nitrogens with one attached hydrogen (secondary N) is 1. The van der Waals surface area contributed by atoms with Crippen LogP contribution in [0.4, 0.5) is 0 Å². The molecule has 1 amide bonds. The second-order valence-electron chi connectivity index (χ2n) is 5.84. The highest BCUT2D eigenvalue weighted by atomic mass is 16.4. The first-order valence-corrected chi connectivity index (χ1v) is 7.76. The lowest BCUT2D eigenvalue weighted by Gasteiger charge is -2.26. The molecule has 6 nitrogen and oxygen atoms in total. The molecule has 1 rings (SSSR count). The van der Waals surface area contributed by atoms with Gasteiger partial charge in [0, 0.05) is 25.7 Å². The monoisotopic (exact) mass is 309 g/mol. The smallest absolute Gasteiger partial charge is 0.311 e. The molecular formula is C16H27N3O3. The van der Waals surface area contributed by atoms with E-state index in [2.05, 4.69) is 10.4 Å². The number of nitrogens with zero attached hydrogens (tertiary/aromatic N) is 2. The lowest BCUT2D eigenvalue weighted by atomic mass is 9.82. The van der Waals surface area contributed by atoms with Crippen molar-refractivity contribution in [3.05, 3.63) is 17.0 Å². The van der Waals surface area contributed by atoms with Crippen LogP contribution in [0, 0.1) is 19.3 Å². The first-order chi connectivity index (χ1) is 10.3. The number of carboxylic acids is 1. The van der Waals surface area contributed by atoms with Crippen molar-refractivity contribution in [3.8, 4) is 0 Å². The van der Waals surface area contributed by atoms with E-state index in [9.17, 15) is 14.7 Å². The molecule has 124 valence electrons. The molecule has 0 radical (unpaired) electrons. The molecule has 0 fully saturated rings. The van der Waals surface area contributed by atoms with Crippen molar-refractivity contribution in [1.29, 1.82) is 0 Å². The Bertz CT molecular complexity index is 545. The van der Waals surface area contributed by atoms with Gasteiger partial charge in [0.15, 0.2) is 0 Å². The van der Waals surface area contributed by atoms with Gasteiger partial charge in [-0.2, -0.15) is 5.10 Å². The third-order valence-corrected chi connectivity index (χ3v) is 4.69. The van der Waals surface area contributed by atoms with Crippen LogP contribution in [-0.2, 0) is 23.1 Å². The average Bonchev–Trinajstić information content (AvgIpc) is 2.71. The lowest BCUT2D eigenvalue weighted by Crippen LogP contribution is -2.42. The maximum atomic E-state index is 12.0. The van der Waals surface area contributed by atoms with Crippen molar-refractivity contribution in [2.24, 2.45) is 12.5 Å². The standard InChI is InChI=1S/C16H27N3O3/c1-6-16(7-2,15(21)22)10-17-14(20)9-8-13-11(3)18-19(5)12(13)4/h6-10H2,1-5H3,(H,17,20)(H,21,22). The Morgan fingerprint density at radius 2 is 1.86 bits per heavy atom. The molecule has 0 aliphatic heterocycles. The number of aromatic nitrogens is 2. The Morgan fingerprint density at radius 3 is 2.27 bits per heavy atom. The summed E-state index contributed by atoms with van der Waals surface area (Å²) in [6.07, 6.45) is 1.96. The fraction of sp³-hybridized carbons (Fsp3) is 0.688. The van der Waals surface area contributed by atoms with Gasteiger partial charge in [0.2, 0.25) is 5.91 Å². The summed E-state index contributed by atoms with van der Waals surface area (Å²) in [4.78, 5) is 23.4. The zero-order valence-corrected chi connectivity index (χ0v) is 14.2. The molecule has 0 aliphatic rings. The largest absolute Gasteiger partial charge is 0.481 e. The maximum absolute atomic E-state index is 12.0. The molecule has 1 heterocycles. The van der Waals surface area contributed by atoms with E-state index in [4.69, 9.17) is 0 Å². The highest BCUT2D eigenvalue weighted by Crippen LogP contribution is 2.25. The number of rotatable bonds is 8. The number of aliphatic carboxylic acids is 1. The number of carbonyl (C=O) groups excluding carboxylic acids is 1. The van der Waals surface area contributed by atoms with Crippen LogP contribution in [0.25, 0.3) is 0 Å². The summed E-state index contributed by atoms with van der Waals surface area (Å²) in [7, 11) is 1.88. The number of aryl methyl sites for hydroxylation is 2. The highest BCUT2D eigenvalue weighted by Gasteiger charge is 2.35. The lowest BCUT2D eigenvalue weighted by molar-refractivity contribution is -0.149. The van der Waals surface area contributed by atoms with E-state index in [0.29, 0.717) is 25.7 Å². The molecule has 0 bridgehead atoms. The van der Waals surface area contributed by atoms with Crippen LogP contribution < -0.4 is 5.32 Å². The SMILES string of the molecule is CCC(CC)(CNC(=O)CCc1c(C)nn(C)c1C)C(=O)O. The van der Waals surface area contributed by atoms with Crippen LogP contribution in [0.1, 0.15) is 50.1 Å². The van der Waals surface area contributed by atoms with E-state index < -0.39 is 11.4 Å². The van der Waals surface area contributed by atoms with Crippen LogP contribution >= 0.6 is 0 Å². The van der Waals surface area contributed by atoms with Gasteiger partial charge in [0.1, 0.15) is 0 Å². The number of carboxylic acid groups (broad SMARTS) is 1. The second-order valence-corrected chi connectivity index (χ2v) is 5.84. The summed E-state index contributed by atoms with van der Waals surface area (Å²) in [6.45, 7) is 7.78. The van der Waals surface area contributed by atoms with Crippen LogP contribution in [0.2, 0.25) is 0 Å². The fourth-order valence-corrected chi connectivity index (χ4v) is 2.65. The van der Waals surface area contributed by atoms with Gasteiger partial charge < -0.3 is 10.4 Å². The summed E-state index contributed by atoms with van der Waals surface area (Å²) in [5.74, 6) is -0.966. The van der Waals surface area contributed by atoms with Gasteiger partial charge in [-0.1, -0.05) is 13.8 Å². The predicted octanol–water partition coefficient (Wildman–Crippen LogP) is 1.98. The predicted molar refractivity (Wildman–Crippen MR) is 84.7 cm³/mol. The Morgan fingerprint density at radius 1 is 1.27 bits per heavy atom. The molecule has 0 aromatic carbocycles. The van der Waals surface area contributed by atoms with E-state index in [-0.39, 0.29) is 12.5 Å². The van der Waals surface area contributed by atoms with E-state index in [0.717, 1.165) is 17.0 Å². The van der Waals surface area contributed by atoms with Crippen molar-refractivity contribution in [3.63, 3.8) is 0 Å². The summed E-state index contributed by atoms with van der Waals surface area (Å²) in [5.41, 5.74) is 2.23. The van der Waals surface area contributed by atoms with Gasteiger partial charge in [-0.3, -0.25) is 14.3 Å². The molecule has 1 aromatic heterocycles. The summed E-state index contributed by atoms with van der Waals surface area (Å²) < 4.78 is 1.81. The van der Waals surface area contributed by atoms with Crippen molar-refractivity contribution in [2.75, 3.05) is 6.54 Å². The molecule has 1 aromatic rings. The maximum Gasteiger partial charge on any atom is 0.311 e. The van der Waals surface area contributed by atoms with Crippen molar-refractivity contribution >= 4 is 11.9 Å². The quantitative estimate of drug-likeness (QED) is 0.769. The first kappa shape index (κ1) is 18.2. The normalized spacial score (nSPS) is 11.5. The van der Waals surface area contributed by atoms with Crippen LogP contribution in [0.3, 0.4) is 0 Å². The Labute approximate surface area is 131 Å². The van der Waals surface area contributed by atoms with E-state index in [1.54, 1.807) is 0 Å². The number of amides is 1. The zero-order chi connectivity index (χ0) is 16.9. The molecule has 0 unspecified atom stereocenters. The Balaban J connectivity index is 2.58. The van der Waals surface area contributed by atoms with Gasteiger partial charge in [-0.05, 0) is 38.7 Å². The van der Waals surface area contributed by atoms with Gasteiger partial charge in [-0.25, -0.2) is 0 Å². The fourth-order valence-electron chi connectivity index (χ4n) is 2.65. The first-order valence-electron chi connectivity index (χ1n) is 7.76. The van der Waals surface area contributed by atoms with Gasteiger partial charge in [-0.15, -0.1) is 0 Å². The van der Waals surface area contributed by atoms with Crippen LogP contribution in [0.15, 0.2) is 0 Å². The van der Waals surface area contributed by atoms with Crippen molar-refractivity contribution < 1.29 is 14.7 Å². The van der Waals surface area contributed by atoms with Gasteiger partial charge in [0.05, 0.1) is 11.1 Å². The summed E-state index contributed by atoms with van der Waals surface area (Å²) in [5, 5.41) is 16.5. The summed E-state index contributed by atoms with van der Waals surface area (Å²) in [6, 6.07) is 0. The van der Waals surface area contributed by atoms with Gasteiger partial charge >= 0.3 is 5.97 Å². The molecule has 0 saturated carbocycles. The van der Waals surface area contributed by atoms with E-state index in [1.165, 1.54) is 0 Å². The number of carbonyl (C=O) groups is 2. The zero-order valence-electron chi connectivity index (χ0n) is 14.2. The molecule has 0 aliphatic carbocycles. The Kier molecular flexibility index (Phi) is 6.14. The second kappa shape index (κ2) is 7.42. The highest BCUT2D eigenvalue weighted by molar-refractivity contribution is 5.79. The minimum Gasteiger partial charge on any atom is -0.481 e.